The Balaban J connectivity index is 1.88. The van der Waals surface area contributed by atoms with Crippen LogP contribution in [0, 0.1) is 0 Å². The minimum atomic E-state index is -4.58. The summed E-state index contributed by atoms with van der Waals surface area (Å²) in [5, 5.41) is 8.62. The molecule has 1 aromatic heterocycles. The van der Waals surface area contributed by atoms with Gasteiger partial charge in [0.15, 0.2) is 5.82 Å². The predicted molar refractivity (Wildman–Crippen MR) is 119 cm³/mol. The van der Waals surface area contributed by atoms with E-state index in [0.29, 0.717) is 49.9 Å². The van der Waals surface area contributed by atoms with Crippen molar-refractivity contribution < 1.29 is 23.9 Å². The Bertz CT molecular complexity index is 993. The van der Waals surface area contributed by atoms with Crippen LogP contribution in [0.5, 0.6) is 0 Å². The minimum Gasteiger partial charge on any atom is -0.370 e. The number of nitrogens with zero attached hydrogens (tertiary/aromatic N) is 3. The molecule has 2 amide bonds. The lowest BCUT2D eigenvalue weighted by atomic mass is 10.2. The first-order valence-corrected chi connectivity index (χ1v) is 12.1. The third-order valence-corrected chi connectivity index (χ3v) is 5.64. The molecule has 1 aliphatic heterocycles. The molecule has 1 saturated heterocycles. The Kier molecular flexibility index (Phi) is 7.92. The number of nitrogens with one attached hydrogen (secondary N) is 3. The van der Waals surface area contributed by atoms with Gasteiger partial charge < -0.3 is 30.6 Å². The molecule has 1 fully saturated rings. The van der Waals surface area contributed by atoms with E-state index in [4.69, 9.17) is 0 Å². The van der Waals surface area contributed by atoms with Crippen molar-refractivity contribution >= 4 is 25.2 Å². The molecule has 172 valence electrons. The lowest BCUT2D eigenvalue weighted by molar-refractivity contribution is -0.133. The van der Waals surface area contributed by atoms with Gasteiger partial charge in [0.1, 0.15) is 17.6 Å². The van der Waals surface area contributed by atoms with Gasteiger partial charge in [-0.1, -0.05) is 30.3 Å². The largest absolute Gasteiger partial charge is 0.370 e. The van der Waals surface area contributed by atoms with E-state index >= 15 is 0 Å². The molecule has 12 heteroatoms. The Morgan fingerprint density at radius 1 is 1.19 bits per heavy atom. The van der Waals surface area contributed by atoms with Crippen molar-refractivity contribution in [1.29, 1.82) is 0 Å². The molecule has 0 aliphatic carbocycles. The van der Waals surface area contributed by atoms with E-state index in [1.807, 2.05) is 25.1 Å². The highest BCUT2D eigenvalue weighted by Gasteiger charge is 2.33. The summed E-state index contributed by atoms with van der Waals surface area (Å²) >= 11 is 0. The Labute approximate surface area is 185 Å². The fraction of sp³-hybridized carbons (Fsp3) is 0.400. The second-order valence-electron chi connectivity index (χ2n) is 7.31. The van der Waals surface area contributed by atoms with Gasteiger partial charge in [-0.05, 0) is 6.92 Å². The molecule has 1 aromatic carbocycles. The first-order chi connectivity index (χ1) is 15.3. The quantitative estimate of drug-likeness (QED) is 0.348. The molecule has 0 radical (unpaired) electrons. The molecule has 0 bridgehead atoms. The number of amides is 2. The predicted octanol–water partition coefficient (Wildman–Crippen LogP) is 0.283. The Hall–Kier alpha value is -2.85. The summed E-state index contributed by atoms with van der Waals surface area (Å²) in [6.07, 6.45) is -0.793. The molecule has 5 N–H and O–H groups in total. The Morgan fingerprint density at radius 3 is 2.50 bits per heavy atom. The number of carbonyl (C=O) groups excluding carboxylic acids is 2. The van der Waals surface area contributed by atoms with E-state index in [2.05, 4.69) is 25.9 Å². The first-order valence-electron chi connectivity index (χ1n) is 10.3. The van der Waals surface area contributed by atoms with Crippen LogP contribution in [-0.2, 0) is 9.36 Å². The van der Waals surface area contributed by atoms with Gasteiger partial charge in [-0.25, -0.2) is 9.97 Å². The van der Waals surface area contributed by atoms with Crippen LogP contribution in [0.4, 0.5) is 5.82 Å². The minimum absolute atomic E-state index is 0.0152. The maximum atomic E-state index is 13.0. The summed E-state index contributed by atoms with van der Waals surface area (Å²) in [6, 6.07) is 9.16. The zero-order valence-electron chi connectivity index (χ0n) is 17.7. The molecule has 0 spiro atoms. The molecule has 32 heavy (non-hydrogen) atoms. The molecule has 3 rings (SSSR count). The van der Waals surface area contributed by atoms with Crippen molar-refractivity contribution in [3.05, 3.63) is 42.1 Å². The van der Waals surface area contributed by atoms with Crippen molar-refractivity contribution in [3.63, 3.8) is 0 Å². The van der Waals surface area contributed by atoms with E-state index in [9.17, 15) is 23.9 Å². The number of hydrogen-bond donors (Lipinski definition) is 5. The van der Waals surface area contributed by atoms with Gasteiger partial charge in [-0.2, -0.15) is 0 Å². The van der Waals surface area contributed by atoms with Crippen molar-refractivity contribution in [1.82, 2.24) is 25.5 Å². The van der Waals surface area contributed by atoms with Gasteiger partial charge in [0.05, 0.1) is 6.16 Å². The van der Waals surface area contributed by atoms with E-state index in [1.54, 1.807) is 12.1 Å². The van der Waals surface area contributed by atoms with Crippen molar-refractivity contribution in [2.45, 2.75) is 13.0 Å². The monoisotopic (exact) mass is 462 g/mol. The van der Waals surface area contributed by atoms with Crippen LogP contribution in [-0.4, -0.2) is 81.4 Å². The average Bonchev–Trinajstić information content (AvgIpc) is 2.78. The lowest BCUT2D eigenvalue weighted by Crippen LogP contribution is -2.55. The van der Waals surface area contributed by atoms with Gasteiger partial charge in [0.25, 0.3) is 5.91 Å². The van der Waals surface area contributed by atoms with E-state index < -0.39 is 31.6 Å². The molecule has 11 nitrogen and oxygen atoms in total. The highest BCUT2D eigenvalue weighted by Crippen LogP contribution is 2.35. The molecule has 0 saturated carbocycles. The second kappa shape index (κ2) is 10.6. The van der Waals surface area contributed by atoms with Gasteiger partial charge in [-0.15, -0.1) is 0 Å². The van der Waals surface area contributed by atoms with E-state index in [-0.39, 0.29) is 5.69 Å². The zero-order chi connectivity index (χ0) is 23.1. The van der Waals surface area contributed by atoms with Gasteiger partial charge in [0.2, 0.25) is 5.91 Å². The smallest absolute Gasteiger partial charge is 0.328 e. The summed E-state index contributed by atoms with van der Waals surface area (Å²) in [7, 11) is -4.58. The summed E-state index contributed by atoms with van der Waals surface area (Å²) in [5.41, 5.74) is 0.684. The summed E-state index contributed by atoms with van der Waals surface area (Å²) < 4.78 is 11.6. The number of aromatic nitrogens is 2. The van der Waals surface area contributed by atoms with Crippen LogP contribution >= 0.6 is 7.60 Å². The molecule has 2 heterocycles. The van der Waals surface area contributed by atoms with Crippen LogP contribution in [0.15, 0.2) is 36.4 Å². The van der Waals surface area contributed by atoms with Crippen molar-refractivity contribution in [2.75, 3.05) is 44.2 Å². The number of benzene rings is 1. The van der Waals surface area contributed by atoms with Gasteiger partial charge in [-0.3, -0.25) is 14.2 Å². The standard InChI is InChI=1S/C20H27N6O5P/c1-2-22-17-12-15(23-18(25-17)14-6-4-3-5-7-14)19(27)24-16(13-32(29,30)31)20(28)26-10-8-21-9-11-26/h3-7,12,16,21H,2,8-11,13H2,1H3,(H,24,27)(H,22,23,25)(H2,29,30,31). The van der Waals surface area contributed by atoms with Gasteiger partial charge >= 0.3 is 7.60 Å². The maximum absolute atomic E-state index is 13.0. The van der Waals surface area contributed by atoms with E-state index in [1.165, 1.54) is 11.0 Å². The summed E-state index contributed by atoms with van der Waals surface area (Å²) in [4.78, 5) is 55.0. The maximum Gasteiger partial charge on any atom is 0.328 e. The molecule has 1 aliphatic rings. The van der Waals surface area contributed by atoms with Crippen LogP contribution in [0.3, 0.4) is 0 Å². The van der Waals surface area contributed by atoms with Crippen LogP contribution in [0.25, 0.3) is 11.4 Å². The number of carbonyl (C=O) groups is 2. The number of anilines is 1. The average molecular weight is 462 g/mol. The molecule has 1 atom stereocenters. The SMILES string of the molecule is CCNc1cc(C(=O)NC(CP(=O)(O)O)C(=O)N2CCNCC2)nc(-c2ccccc2)n1. The third-order valence-electron chi connectivity index (χ3n) is 4.80. The molecule has 2 aromatic rings. The molecular weight excluding hydrogens is 435 g/mol. The highest BCUT2D eigenvalue weighted by atomic mass is 31.2. The highest BCUT2D eigenvalue weighted by molar-refractivity contribution is 7.51. The number of piperazine rings is 1. The second-order valence-corrected chi connectivity index (χ2v) is 9.00. The van der Waals surface area contributed by atoms with Crippen LogP contribution in [0.1, 0.15) is 17.4 Å². The fourth-order valence-electron chi connectivity index (χ4n) is 3.31. The summed E-state index contributed by atoms with van der Waals surface area (Å²) in [5.74, 6) is -0.515. The number of hydrogen-bond acceptors (Lipinski definition) is 7. The van der Waals surface area contributed by atoms with Gasteiger partial charge in [0, 0.05) is 44.4 Å². The fourth-order valence-corrected chi connectivity index (χ4v) is 4.04. The summed E-state index contributed by atoms with van der Waals surface area (Å²) in [6.45, 7) is 4.37. The Morgan fingerprint density at radius 2 is 1.88 bits per heavy atom. The first kappa shape index (κ1) is 23.8. The zero-order valence-corrected chi connectivity index (χ0v) is 18.6. The normalized spacial score (nSPS) is 15.2. The molecular formula is C20H27N6O5P. The van der Waals surface area contributed by atoms with Crippen LogP contribution < -0.4 is 16.0 Å². The topological polar surface area (TPSA) is 157 Å². The van der Waals surface area contributed by atoms with Crippen molar-refractivity contribution in [2.24, 2.45) is 0 Å². The third kappa shape index (κ3) is 6.57. The van der Waals surface area contributed by atoms with E-state index in [0.717, 1.165) is 0 Å². The lowest BCUT2D eigenvalue weighted by Gasteiger charge is -2.31. The molecule has 1 unspecified atom stereocenters. The van der Waals surface area contributed by atoms with Crippen LogP contribution in [0.2, 0.25) is 0 Å². The number of rotatable bonds is 8. The van der Waals surface area contributed by atoms with Crippen molar-refractivity contribution in [3.8, 4) is 11.4 Å².